The van der Waals surface area contributed by atoms with Crippen molar-refractivity contribution < 1.29 is 9.53 Å². The molecule has 5 nitrogen and oxygen atoms in total. The highest BCUT2D eigenvalue weighted by Crippen LogP contribution is 2.37. The van der Waals surface area contributed by atoms with Crippen molar-refractivity contribution in [2.75, 3.05) is 5.32 Å². The van der Waals surface area contributed by atoms with Gasteiger partial charge in [0.05, 0.1) is 11.9 Å². The Bertz CT molecular complexity index is 1070. The summed E-state index contributed by atoms with van der Waals surface area (Å²) in [6.45, 7) is 0.402. The van der Waals surface area contributed by atoms with Crippen LogP contribution < -0.4 is 10.1 Å². The minimum absolute atomic E-state index is 0.205. The summed E-state index contributed by atoms with van der Waals surface area (Å²) in [5, 5.41) is 6.98. The smallest absolute Gasteiger partial charge is 0.269 e. The molecule has 0 saturated heterocycles. The molecule has 0 saturated carbocycles. The molecule has 28 heavy (non-hydrogen) atoms. The van der Waals surface area contributed by atoms with E-state index in [1.165, 1.54) is 11.3 Å². The Hall–Kier alpha value is -3.38. The van der Waals surface area contributed by atoms with Crippen LogP contribution in [-0.4, -0.2) is 15.7 Å². The number of carbonyl (C=O) groups excluding carboxylic acids is 1. The van der Waals surface area contributed by atoms with Gasteiger partial charge < -0.3 is 10.1 Å². The molecule has 1 amide bonds. The van der Waals surface area contributed by atoms with Crippen molar-refractivity contribution in [2.45, 2.75) is 6.61 Å². The van der Waals surface area contributed by atoms with E-state index in [0.717, 1.165) is 16.0 Å². The average molecular weight is 389 g/mol. The van der Waals surface area contributed by atoms with E-state index in [1.54, 1.807) is 17.1 Å². The molecule has 0 atom stereocenters. The molecular formula is C22H19N3O2S. The number of thiophene rings is 1. The fourth-order valence-electron chi connectivity index (χ4n) is 2.79. The molecule has 2 aromatic carbocycles. The van der Waals surface area contributed by atoms with Crippen LogP contribution in [0.2, 0.25) is 0 Å². The standard InChI is InChI=1S/C22H19N3O2S/c1-25-14-18(13-23-25)24-22(26)21-19(27-15-16-8-4-2-5-9-16)12-20(28-21)17-10-6-3-7-11-17/h2-14H,15H2,1H3,(H,24,26). The van der Waals surface area contributed by atoms with E-state index < -0.39 is 0 Å². The quantitative estimate of drug-likeness (QED) is 0.506. The maximum Gasteiger partial charge on any atom is 0.269 e. The minimum atomic E-state index is -0.205. The maximum absolute atomic E-state index is 12.9. The highest BCUT2D eigenvalue weighted by atomic mass is 32.1. The van der Waals surface area contributed by atoms with Crippen molar-refractivity contribution in [1.29, 1.82) is 0 Å². The highest BCUT2D eigenvalue weighted by Gasteiger charge is 2.19. The van der Waals surface area contributed by atoms with Gasteiger partial charge in [-0.05, 0) is 17.2 Å². The number of aryl methyl sites for hydroxylation is 1. The Morgan fingerprint density at radius 1 is 1.11 bits per heavy atom. The minimum Gasteiger partial charge on any atom is -0.487 e. The van der Waals surface area contributed by atoms with E-state index in [-0.39, 0.29) is 5.91 Å². The number of nitrogens with zero attached hydrogens (tertiary/aromatic N) is 2. The van der Waals surface area contributed by atoms with Gasteiger partial charge in [-0.2, -0.15) is 5.10 Å². The predicted molar refractivity (Wildman–Crippen MR) is 112 cm³/mol. The Morgan fingerprint density at radius 2 is 1.82 bits per heavy atom. The molecule has 0 bridgehead atoms. The van der Waals surface area contributed by atoms with Gasteiger partial charge in [-0.25, -0.2) is 0 Å². The van der Waals surface area contributed by atoms with Gasteiger partial charge in [0.25, 0.3) is 5.91 Å². The summed E-state index contributed by atoms with van der Waals surface area (Å²) in [4.78, 5) is 14.4. The highest BCUT2D eigenvalue weighted by molar-refractivity contribution is 7.17. The number of amides is 1. The first-order chi connectivity index (χ1) is 13.7. The molecule has 0 unspecified atom stereocenters. The molecule has 0 radical (unpaired) electrons. The Kier molecular flexibility index (Phi) is 5.21. The molecule has 6 heteroatoms. The number of benzene rings is 2. The number of aromatic nitrogens is 2. The molecule has 0 aliphatic rings. The molecule has 4 rings (SSSR count). The first-order valence-corrected chi connectivity index (χ1v) is 9.66. The third-order valence-electron chi connectivity index (χ3n) is 4.16. The molecule has 2 heterocycles. The van der Waals surface area contributed by atoms with Gasteiger partial charge in [0.2, 0.25) is 0 Å². The lowest BCUT2D eigenvalue weighted by Crippen LogP contribution is -2.11. The van der Waals surface area contributed by atoms with Crippen LogP contribution in [0, 0.1) is 0 Å². The van der Waals surface area contributed by atoms with Gasteiger partial charge >= 0.3 is 0 Å². The predicted octanol–water partition coefficient (Wildman–Crippen LogP) is 4.98. The summed E-state index contributed by atoms with van der Waals surface area (Å²) in [5.41, 5.74) is 2.75. The lowest BCUT2D eigenvalue weighted by atomic mass is 10.2. The normalized spacial score (nSPS) is 10.6. The summed E-state index contributed by atoms with van der Waals surface area (Å²) in [6, 6.07) is 21.8. The number of ether oxygens (including phenoxy) is 1. The Morgan fingerprint density at radius 3 is 2.50 bits per heavy atom. The van der Waals surface area contributed by atoms with E-state index in [4.69, 9.17) is 4.74 Å². The van der Waals surface area contributed by atoms with Crippen LogP contribution in [0.5, 0.6) is 5.75 Å². The van der Waals surface area contributed by atoms with E-state index in [9.17, 15) is 4.79 Å². The summed E-state index contributed by atoms with van der Waals surface area (Å²) in [6.07, 6.45) is 3.38. The molecule has 4 aromatic rings. The van der Waals surface area contributed by atoms with Gasteiger partial charge in [-0.3, -0.25) is 9.48 Å². The van der Waals surface area contributed by atoms with E-state index in [0.29, 0.717) is 22.9 Å². The van der Waals surface area contributed by atoms with Gasteiger partial charge in [-0.1, -0.05) is 60.7 Å². The molecule has 0 aliphatic heterocycles. The molecule has 1 N–H and O–H groups in total. The summed E-state index contributed by atoms with van der Waals surface area (Å²) < 4.78 is 7.66. The fraction of sp³-hybridized carbons (Fsp3) is 0.0909. The van der Waals surface area contributed by atoms with E-state index in [1.807, 2.05) is 73.8 Å². The summed E-state index contributed by atoms with van der Waals surface area (Å²) in [5.74, 6) is 0.373. The molecule has 2 aromatic heterocycles. The third-order valence-corrected chi connectivity index (χ3v) is 5.33. The number of nitrogens with one attached hydrogen (secondary N) is 1. The first kappa shape index (κ1) is 18.0. The second kappa shape index (κ2) is 8.10. The van der Waals surface area contributed by atoms with Crippen LogP contribution in [0.3, 0.4) is 0 Å². The summed E-state index contributed by atoms with van der Waals surface area (Å²) >= 11 is 1.42. The van der Waals surface area contributed by atoms with E-state index >= 15 is 0 Å². The zero-order valence-corrected chi connectivity index (χ0v) is 16.1. The largest absolute Gasteiger partial charge is 0.487 e. The number of anilines is 1. The van der Waals surface area contributed by atoms with Crippen LogP contribution in [-0.2, 0) is 13.7 Å². The number of rotatable bonds is 6. The SMILES string of the molecule is Cn1cc(NC(=O)c2sc(-c3ccccc3)cc2OCc2ccccc2)cn1. The average Bonchev–Trinajstić information content (AvgIpc) is 3.34. The second-order valence-corrected chi connectivity index (χ2v) is 7.35. The Balaban J connectivity index is 1.62. The van der Waals surface area contributed by atoms with Crippen LogP contribution in [0.4, 0.5) is 5.69 Å². The van der Waals surface area contributed by atoms with Crippen LogP contribution in [0.1, 0.15) is 15.2 Å². The molecular weight excluding hydrogens is 370 g/mol. The van der Waals surface area contributed by atoms with Gasteiger partial charge in [0.15, 0.2) is 0 Å². The van der Waals surface area contributed by atoms with Crippen LogP contribution in [0.25, 0.3) is 10.4 Å². The monoisotopic (exact) mass is 389 g/mol. The molecule has 140 valence electrons. The molecule has 0 fully saturated rings. The fourth-order valence-corrected chi connectivity index (χ4v) is 3.80. The number of hydrogen-bond donors (Lipinski definition) is 1. The van der Waals surface area contributed by atoms with Crippen molar-refractivity contribution in [3.05, 3.63) is 89.6 Å². The lowest BCUT2D eigenvalue weighted by molar-refractivity contribution is 0.102. The maximum atomic E-state index is 12.9. The molecule has 0 spiro atoms. The van der Waals surface area contributed by atoms with Crippen LogP contribution >= 0.6 is 11.3 Å². The zero-order valence-electron chi connectivity index (χ0n) is 15.3. The topological polar surface area (TPSA) is 56.2 Å². The lowest BCUT2D eigenvalue weighted by Gasteiger charge is -2.07. The first-order valence-electron chi connectivity index (χ1n) is 8.85. The third kappa shape index (κ3) is 4.13. The zero-order chi connectivity index (χ0) is 19.3. The van der Waals surface area contributed by atoms with Crippen molar-refractivity contribution in [3.63, 3.8) is 0 Å². The van der Waals surface area contributed by atoms with Crippen molar-refractivity contribution in [1.82, 2.24) is 9.78 Å². The van der Waals surface area contributed by atoms with E-state index in [2.05, 4.69) is 10.4 Å². The molecule has 0 aliphatic carbocycles. The Labute approximate surface area is 167 Å². The van der Waals surface area contributed by atoms with Gasteiger partial charge in [-0.15, -0.1) is 11.3 Å². The number of carbonyl (C=O) groups is 1. The van der Waals surface area contributed by atoms with Crippen LogP contribution in [0.15, 0.2) is 79.1 Å². The number of hydrogen-bond acceptors (Lipinski definition) is 4. The van der Waals surface area contributed by atoms with Crippen molar-refractivity contribution in [3.8, 4) is 16.2 Å². The van der Waals surface area contributed by atoms with Gasteiger partial charge in [0.1, 0.15) is 17.2 Å². The summed E-state index contributed by atoms with van der Waals surface area (Å²) in [7, 11) is 1.81. The van der Waals surface area contributed by atoms with Gasteiger partial charge in [0, 0.05) is 18.1 Å². The second-order valence-electron chi connectivity index (χ2n) is 6.30. The van der Waals surface area contributed by atoms with Crippen molar-refractivity contribution >= 4 is 22.9 Å². The van der Waals surface area contributed by atoms with Crippen molar-refractivity contribution in [2.24, 2.45) is 7.05 Å².